The van der Waals surface area contributed by atoms with Crippen LogP contribution < -0.4 is 16.9 Å². The molecule has 0 saturated carbocycles. The number of aliphatic hydroxyl groups excluding tert-OH is 3. The molecule has 0 spiro atoms. The van der Waals surface area contributed by atoms with Crippen LogP contribution in [0.3, 0.4) is 0 Å². The summed E-state index contributed by atoms with van der Waals surface area (Å²) >= 11 is 0. The molecule has 3 rings (SSSR count). The van der Waals surface area contributed by atoms with Crippen molar-refractivity contribution in [3.63, 3.8) is 0 Å². The van der Waals surface area contributed by atoms with Crippen molar-refractivity contribution in [1.29, 1.82) is 0 Å². The summed E-state index contributed by atoms with van der Waals surface area (Å²) in [5, 5.41) is 28.7. The van der Waals surface area contributed by atoms with E-state index in [2.05, 4.69) is 9.97 Å². The van der Waals surface area contributed by atoms with Gasteiger partial charge < -0.3 is 20.1 Å². The van der Waals surface area contributed by atoms with Gasteiger partial charge in [-0.1, -0.05) is 0 Å². The van der Waals surface area contributed by atoms with Crippen LogP contribution in [0.2, 0.25) is 0 Å². The number of aliphatic hydroxyl groups is 3. The summed E-state index contributed by atoms with van der Waals surface area (Å²) in [4.78, 5) is 41.3. The molecule has 11 nitrogen and oxygen atoms in total. The molecule has 1 aliphatic heterocycles. The quantitative estimate of drug-likeness (QED) is 0.331. The zero-order valence-electron chi connectivity index (χ0n) is 10.4. The molecule has 11 heteroatoms. The summed E-state index contributed by atoms with van der Waals surface area (Å²) in [5.74, 6) is 0. The summed E-state index contributed by atoms with van der Waals surface area (Å²) in [5.41, 5.74) is -2.84. The maximum absolute atomic E-state index is 11.9. The smallest absolute Gasteiger partial charge is 0.330 e. The highest BCUT2D eigenvalue weighted by Crippen LogP contribution is 2.29. The third kappa shape index (κ3) is 1.94. The minimum atomic E-state index is -1.51. The molecule has 0 unspecified atom stereocenters. The standard InChI is InChI=1S/C10H12N4O7/c15-1-2-4(16)5(17)8(21-2)14-6-3(11-10(14)20)7(18)13-9(19)12-6/h2,4-5,8,15-17H,1H2,(H,11,20)(H2,12,13,18,19)/t2-,4-,5-,8-/m0/s1. The molecule has 1 saturated heterocycles. The number of nitrogens with one attached hydrogen (secondary N) is 3. The Morgan fingerprint density at radius 2 is 1.81 bits per heavy atom. The minimum absolute atomic E-state index is 0.177. The number of fused-ring (bicyclic) bond motifs is 1. The van der Waals surface area contributed by atoms with Crippen molar-refractivity contribution in [1.82, 2.24) is 19.5 Å². The number of aromatic amines is 3. The second-order valence-corrected chi connectivity index (χ2v) is 4.66. The highest BCUT2D eigenvalue weighted by molar-refractivity contribution is 5.68. The van der Waals surface area contributed by atoms with Crippen LogP contribution >= 0.6 is 0 Å². The fourth-order valence-electron chi connectivity index (χ4n) is 2.38. The molecule has 0 aliphatic carbocycles. The van der Waals surface area contributed by atoms with Crippen LogP contribution in [0.4, 0.5) is 0 Å². The predicted octanol–water partition coefficient (Wildman–Crippen LogP) is -3.68. The molecule has 6 N–H and O–H groups in total. The minimum Gasteiger partial charge on any atom is -0.394 e. The molecule has 0 aromatic carbocycles. The van der Waals surface area contributed by atoms with Crippen molar-refractivity contribution in [2.75, 3.05) is 6.61 Å². The molecule has 1 aliphatic rings. The number of aromatic nitrogens is 4. The summed E-state index contributed by atoms with van der Waals surface area (Å²) < 4.78 is 6.02. The van der Waals surface area contributed by atoms with E-state index in [1.54, 1.807) is 0 Å². The molecule has 4 atom stereocenters. The van der Waals surface area contributed by atoms with Crippen LogP contribution in [0, 0.1) is 0 Å². The number of imidazole rings is 1. The van der Waals surface area contributed by atoms with Crippen molar-refractivity contribution in [2.24, 2.45) is 0 Å². The Morgan fingerprint density at radius 3 is 2.43 bits per heavy atom. The normalized spacial score (nSPS) is 29.3. The van der Waals surface area contributed by atoms with E-state index < -0.39 is 48.1 Å². The monoisotopic (exact) mass is 300 g/mol. The lowest BCUT2D eigenvalue weighted by Gasteiger charge is -2.15. The Kier molecular flexibility index (Phi) is 3.06. The Balaban J connectivity index is 2.22. The van der Waals surface area contributed by atoms with E-state index >= 15 is 0 Å². The zero-order chi connectivity index (χ0) is 15.3. The fraction of sp³-hybridized carbons (Fsp3) is 0.500. The van der Waals surface area contributed by atoms with Crippen LogP contribution in [0.1, 0.15) is 6.23 Å². The molecule has 0 radical (unpaired) electrons. The van der Waals surface area contributed by atoms with Crippen LogP contribution in [0.15, 0.2) is 14.4 Å². The fourth-order valence-corrected chi connectivity index (χ4v) is 2.38. The number of hydrogen-bond acceptors (Lipinski definition) is 7. The summed E-state index contributed by atoms with van der Waals surface area (Å²) in [6, 6.07) is 0. The molecular weight excluding hydrogens is 288 g/mol. The van der Waals surface area contributed by atoms with Gasteiger partial charge in [-0.2, -0.15) is 0 Å². The Bertz CT molecular complexity index is 845. The Labute approximate surface area is 114 Å². The lowest BCUT2D eigenvalue weighted by Crippen LogP contribution is -2.35. The average Bonchev–Trinajstić information content (AvgIpc) is 2.89. The predicted molar refractivity (Wildman–Crippen MR) is 66.8 cm³/mol. The van der Waals surface area contributed by atoms with Crippen molar-refractivity contribution >= 4 is 11.2 Å². The highest BCUT2D eigenvalue weighted by atomic mass is 16.6. The average molecular weight is 300 g/mol. The maximum atomic E-state index is 11.9. The summed E-state index contributed by atoms with van der Waals surface area (Å²) in [7, 11) is 0. The molecule has 0 bridgehead atoms. The van der Waals surface area contributed by atoms with Gasteiger partial charge in [0.15, 0.2) is 17.4 Å². The van der Waals surface area contributed by atoms with Gasteiger partial charge in [0.1, 0.15) is 18.3 Å². The molecule has 2 aromatic rings. The van der Waals surface area contributed by atoms with Gasteiger partial charge in [-0.05, 0) is 0 Å². The van der Waals surface area contributed by atoms with Gasteiger partial charge in [0.05, 0.1) is 6.61 Å². The topological polar surface area (TPSA) is 173 Å². The second kappa shape index (κ2) is 4.66. The van der Waals surface area contributed by atoms with Gasteiger partial charge in [0.2, 0.25) is 0 Å². The maximum Gasteiger partial charge on any atom is 0.330 e. The van der Waals surface area contributed by atoms with Crippen LogP contribution in [-0.4, -0.2) is 59.8 Å². The highest BCUT2D eigenvalue weighted by Gasteiger charge is 2.44. The lowest BCUT2D eigenvalue weighted by atomic mass is 10.1. The van der Waals surface area contributed by atoms with Gasteiger partial charge >= 0.3 is 11.4 Å². The zero-order valence-corrected chi connectivity index (χ0v) is 10.4. The van der Waals surface area contributed by atoms with Gasteiger partial charge in [-0.15, -0.1) is 0 Å². The summed E-state index contributed by atoms with van der Waals surface area (Å²) in [6.07, 6.45) is -5.36. The molecular formula is C10H12N4O7. The molecule has 114 valence electrons. The van der Waals surface area contributed by atoms with E-state index in [9.17, 15) is 24.6 Å². The van der Waals surface area contributed by atoms with Crippen molar-refractivity contribution < 1.29 is 20.1 Å². The van der Waals surface area contributed by atoms with Gasteiger partial charge in [0, 0.05) is 0 Å². The first-order chi connectivity index (χ1) is 9.93. The first-order valence-corrected chi connectivity index (χ1v) is 6.03. The van der Waals surface area contributed by atoms with Crippen LogP contribution in [0.25, 0.3) is 11.2 Å². The molecule has 1 fully saturated rings. The number of nitrogens with zero attached hydrogens (tertiary/aromatic N) is 1. The first kappa shape index (κ1) is 13.8. The van der Waals surface area contributed by atoms with Crippen LogP contribution in [0.5, 0.6) is 0 Å². The van der Waals surface area contributed by atoms with Crippen molar-refractivity contribution in [3.8, 4) is 0 Å². The van der Waals surface area contributed by atoms with Crippen molar-refractivity contribution in [2.45, 2.75) is 24.5 Å². The van der Waals surface area contributed by atoms with Gasteiger partial charge in [-0.3, -0.25) is 19.7 Å². The van der Waals surface area contributed by atoms with Crippen molar-refractivity contribution in [3.05, 3.63) is 31.3 Å². The van der Waals surface area contributed by atoms with E-state index in [-0.39, 0.29) is 11.2 Å². The third-order valence-corrected chi connectivity index (χ3v) is 3.39. The van der Waals surface area contributed by atoms with Gasteiger partial charge in [0.25, 0.3) is 5.56 Å². The SMILES string of the molecule is O=c1[nH]c(=O)c2[nH]c(=O)n([C@H]3O[C@@H](CO)[C@H](O)[C@@H]3O)c2[nH]1. The van der Waals surface area contributed by atoms with E-state index in [1.165, 1.54) is 0 Å². The van der Waals surface area contributed by atoms with E-state index in [0.29, 0.717) is 0 Å². The number of ether oxygens (including phenoxy) is 1. The Morgan fingerprint density at radius 1 is 1.10 bits per heavy atom. The third-order valence-electron chi connectivity index (χ3n) is 3.39. The molecule has 2 aromatic heterocycles. The second-order valence-electron chi connectivity index (χ2n) is 4.66. The molecule has 3 heterocycles. The molecule has 0 amide bonds. The number of hydrogen-bond donors (Lipinski definition) is 6. The summed E-state index contributed by atoms with van der Waals surface area (Å²) in [6.45, 7) is -0.567. The van der Waals surface area contributed by atoms with Gasteiger partial charge in [-0.25, -0.2) is 14.2 Å². The number of rotatable bonds is 2. The van der Waals surface area contributed by atoms with E-state index in [1.807, 2.05) is 4.98 Å². The Hall–Kier alpha value is -2.21. The molecule has 21 heavy (non-hydrogen) atoms. The van der Waals surface area contributed by atoms with E-state index in [0.717, 1.165) is 4.57 Å². The van der Waals surface area contributed by atoms with Crippen LogP contribution in [-0.2, 0) is 4.74 Å². The van der Waals surface area contributed by atoms with E-state index in [4.69, 9.17) is 9.84 Å². The lowest BCUT2D eigenvalue weighted by molar-refractivity contribution is -0.0525. The largest absolute Gasteiger partial charge is 0.394 e. The number of H-pyrrole nitrogens is 3. The first-order valence-electron chi connectivity index (χ1n) is 6.03.